The van der Waals surface area contributed by atoms with Crippen molar-refractivity contribution in [2.75, 3.05) is 0 Å². The molecule has 0 aliphatic carbocycles. The summed E-state index contributed by atoms with van der Waals surface area (Å²) in [7, 11) is 0. The van der Waals surface area contributed by atoms with Crippen molar-refractivity contribution in [2.24, 2.45) is 0 Å². The fourth-order valence-corrected chi connectivity index (χ4v) is 1.89. The van der Waals surface area contributed by atoms with Crippen LogP contribution in [0.2, 0.25) is 0 Å². The van der Waals surface area contributed by atoms with Gasteiger partial charge >= 0.3 is 0 Å². The van der Waals surface area contributed by atoms with E-state index in [1.807, 2.05) is 72.8 Å². The van der Waals surface area contributed by atoms with Gasteiger partial charge in [0.05, 0.1) is 0 Å². The topological polar surface area (TPSA) is 17.1 Å². The van der Waals surface area contributed by atoms with E-state index in [1.165, 1.54) is 0 Å². The summed E-state index contributed by atoms with van der Waals surface area (Å²) >= 11 is 0. The Labute approximate surface area is 113 Å². The van der Waals surface area contributed by atoms with Gasteiger partial charge in [0.15, 0.2) is 5.78 Å². The van der Waals surface area contributed by atoms with Crippen LogP contribution in [0.1, 0.15) is 21.8 Å². The van der Waals surface area contributed by atoms with Crippen molar-refractivity contribution in [3.63, 3.8) is 0 Å². The zero-order valence-corrected chi connectivity index (χ0v) is 10.7. The summed E-state index contributed by atoms with van der Waals surface area (Å²) in [4.78, 5) is 12.0. The van der Waals surface area contributed by atoms with E-state index in [1.54, 1.807) is 6.08 Å². The number of hydrogen-bond donors (Lipinski definition) is 0. The van der Waals surface area contributed by atoms with Gasteiger partial charge in [-0.2, -0.15) is 0 Å². The van der Waals surface area contributed by atoms with Crippen molar-refractivity contribution >= 4 is 5.78 Å². The maximum atomic E-state index is 12.0. The summed E-state index contributed by atoms with van der Waals surface area (Å²) in [6, 6.07) is 19.3. The maximum absolute atomic E-state index is 12.0. The highest BCUT2D eigenvalue weighted by Gasteiger charge is 2.04. The molecule has 2 rings (SSSR count). The standard InChI is InChI=1S/C18H16O/c1-2-15(16-9-5-3-6-10-16)13-14-18(19)17-11-7-4-8-12-17/h2-15H,1H2/b14-13-. The van der Waals surface area contributed by atoms with Crippen LogP contribution in [-0.4, -0.2) is 5.78 Å². The molecule has 2 aromatic rings. The molecule has 0 saturated heterocycles. The SMILES string of the molecule is C=CC(/C=C\C(=O)c1ccccc1)c1ccccc1. The van der Waals surface area contributed by atoms with E-state index in [4.69, 9.17) is 0 Å². The second-order valence-corrected chi connectivity index (χ2v) is 4.26. The third-order valence-electron chi connectivity index (χ3n) is 2.95. The van der Waals surface area contributed by atoms with Crippen molar-refractivity contribution in [3.8, 4) is 0 Å². The molecule has 19 heavy (non-hydrogen) atoms. The van der Waals surface area contributed by atoms with Crippen LogP contribution in [0.25, 0.3) is 0 Å². The molecule has 0 aromatic heterocycles. The van der Waals surface area contributed by atoms with E-state index in [9.17, 15) is 4.79 Å². The summed E-state index contributed by atoms with van der Waals surface area (Å²) in [6.07, 6.45) is 5.34. The lowest BCUT2D eigenvalue weighted by Crippen LogP contribution is -1.96. The molecule has 0 aliphatic heterocycles. The van der Waals surface area contributed by atoms with Crippen LogP contribution in [0, 0.1) is 0 Å². The van der Waals surface area contributed by atoms with Crippen LogP contribution in [0.3, 0.4) is 0 Å². The van der Waals surface area contributed by atoms with Crippen LogP contribution in [0.15, 0.2) is 85.5 Å². The van der Waals surface area contributed by atoms with Crippen LogP contribution in [-0.2, 0) is 0 Å². The Bertz CT molecular complexity index is 567. The van der Waals surface area contributed by atoms with Gasteiger partial charge in [-0.25, -0.2) is 0 Å². The largest absolute Gasteiger partial charge is 0.289 e. The van der Waals surface area contributed by atoms with Gasteiger partial charge < -0.3 is 0 Å². The molecule has 1 atom stereocenters. The first-order valence-electron chi connectivity index (χ1n) is 6.26. The minimum absolute atomic E-state index is 0.0170. The normalized spacial score (nSPS) is 12.2. The Balaban J connectivity index is 2.13. The fourth-order valence-electron chi connectivity index (χ4n) is 1.89. The van der Waals surface area contributed by atoms with Crippen molar-refractivity contribution in [1.82, 2.24) is 0 Å². The molecular formula is C18H16O. The zero-order valence-electron chi connectivity index (χ0n) is 10.7. The second-order valence-electron chi connectivity index (χ2n) is 4.26. The van der Waals surface area contributed by atoms with Crippen LogP contribution in [0.4, 0.5) is 0 Å². The van der Waals surface area contributed by atoms with Crippen LogP contribution in [0.5, 0.6) is 0 Å². The van der Waals surface area contributed by atoms with Crippen molar-refractivity contribution in [1.29, 1.82) is 0 Å². The minimum Gasteiger partial charge on any atom is -0.289 e. The predicted octanol–water partition coefficient (Wildman–Crippen LogP) is 4.40. The second kappa shape index (κ2) is 6.50. The summed E-state index contributed by atoms with van der Waals surface area (Å²) in [6.45, 7) is 3.83. The van der Waals surface area contributed by atoms with E-state index in [2.05, 4.69) is 6.58 Å². The molecule has 1 nitrogen and oxygen atoms in total. The molecule has 1 heteroatoms. The lowest BCUT2D eigenvalue weighted by atomic mass is 9.98. The molecule has 0 saturated carbocycles. The van der Waals surface area contributed by atoms with Gasteiger partial charge in [-0.15, -0.1) is 6.58 Å². The number of ketones is 1. The third-order valence-corrected chi connectivity index (χ3v) is 2.95. The highest BCUT2D eigenvalue weighted by Crippen LogP contribution is 2.18. The molecule has 0 spiro atoms. The molecule has 0 aliphatic rings. The lowest BCUT2D eigenvalue weighted by Gasteiger charge is -2.07. The van der Waals surface area contributed by atoms with Gasteiger partial charge in [-0.05, 0) is 11.6 Å². The number of benzene rings is 2. The molecule has 0 bridgehead atoms. The van der Waals surface area contributed by atoms with Crippen molar-refractivity contribution in [2.45, 2.75) is 5.92 Å². The van der Waals surface area contributed by atoms with Crippen LogP contribution >= 0.6 is 0 Å². The first kappa shape index (κ1) is 13.0. The number of hydrogen-bond acceptors (Lipinski definition) is 1. The van der Waals surface area contributed by atoms with Crippen molar-refractivity contribution < 1.29 is 4.79 Å². The molecule has 2 aromatic carbocycles. The molecule has 0 N–H and O–H groups in total. The predicted molar refractivity (Wildman–Crippen MR) is 79.3 cm³/mol. The van der Waals surface area contributed by atoms with Gasteiger partial charge in [0.25, 0.3) is 0 Å². The lowest BCUT2D eigenvalue weighted by molar-refractivity contribution is 0.104. The van der Waals surface area contributed by atoms with E-state index in [-0.39, 0.29) is 11.7 Å². The molecule has 0 amide bonds. The van der Waals surface area contributed by atoms with Crippen molar-refractivity contribution in [3.05, 3.63) is 96.6 Å². The molecule has 0 radical (unpaired) electrons. The summed E-state index contributed by atoms with van der Waals surface area (Å²) in [5.74, 6) is 0.0808. The van der Waals surface area contributed by atoms with E-state index >= 15 is 0 Å². The number of carbonyl (C=O) groups is 1. The Hall–Kier alpha value is -2.41. The van der Waals surface area contributed by atoms with E-state index in [0.29, 0.717) is 5.56 Å². The number of allylic oxidation sites excluding steroid dienone is 3. The smallest absolute Gasteiger partial charge is 0.185 e. The quantitative estimate of drug-likeness (QED) is 0.435. The maximum Gasteiger partial charge on any atom is 0.185 e. The molecule has 0 fully saturated rings. The average Bonchev–Trinajstić information content (AvgIpc) is 2.49. The van der Waals surface area contributed by atoms with Gasteiger partial charge in [-0.1, -0.05) is 72.8 Å². The van der Waals surface area contributed by atoms with E-state index in [0.717, 1.165) is 5.56 Å². The van der Waals surface area contributed by atoms with E-state index < -0.39 is 0 Å². The minimum atomic E-state index is 0.0170. The Morgan fingerprint density at radius 3 is 2.11 bits per heavy atom. The molecule has 94 valence electrons. The third kappa shape index (κ3) is 3.52. The Morgan fingerprint density at radius 1 is 0.947 bits per heavy atom. The molecule has 1 unspecified atom stereocenters. The van der Waals surface area contributed by atoms with Gasteiger partial charge in [-0.3, -0.25) is 4.79 Å². The number of rotatable bonds is 5. The Morgan fingerprint density at radius 2 is 1.53 bits per heavy atom. The fraction of sp³-hybridized carbons (Fsp3) is 0.0556. The summed E-state index contributed by atoms with van der Waals surface area (Å²) in [5.41, 5.74) is 1.84. The molecular weight excluding hydrogens is 232 g/mol. The first-order chi connectivity index (χ1) is 9.31. The highest BCUT2D eigenvalue weighted by molar-refractivity contribution is 6.04. The van der Waals surface area contributed by atoms with Crippen LogP contribution < -0.4 is 0 Å². The van der Waals surface area contributed by atoms with Gasteiger partial charge in [0.1, 0.15) is 0 Å². The van der Waals surface area contributed by atoms with Gasteiger partial charge in [0, 0.05) is 11.5 Å². The zero-order chi connectivity index (χ0) is 13.5. The number of carbonyl (C=O) groups excluding carboxylic acids is 1. The average molecular weight is 248 g/mol. The molecule has 0 heterocycles. The highest BCUT2D eigenvalue weighted by atomic mass is 16.1. The first-order valence-corrected chi connectivity index (χ1v) is 6.26. The van der Waals surface area contributed by atoms with Gasteiger partial charge in [0.2, 0.25) is 0 Å². The monoisotopic (exact) mass is 248 g/mol. The summed E-state index contributed by atoms with van der Waals surface area (Å²) in [5, 5.41) is 0. The summed E-state index contributed by atoms with van der Waals surface area (Å²) < 4.78 is 0. The Kier molecular flexibility index (Phi) is 4.46.